The number of carboxylic acids is 1. The molecule has 0 bridgehead atoms. The standard InChI is InChI=1S/C17H17NO5S.C4H11N/c1-12-6-8-13(9-7-12)10-14(19)11-18-24(22,23)16-5-3-2-4-15(16)17(20)21;1-3-5-4-2/h2-9,18H,10-11H2,1H3,(H,20,21);5H,3-4H2,1-2H3/p+1. The van der Waals surface area contributed by atoms with Crippen molar-refractivity contribution in [2.45, 2.75) is 32.1 Å². The summed E-state index contributed by atoms with van der Waals surface area (Å²) in [5.74, 6) is -1.66. The van der Waals surface area contributed by atoms with Crippen LogP contribution in [0.3, 0.4) is 0 Å². The number of Topliss-reactive ketones (excluding diaryl/α,β-unsaturated/α-hetero) is 1. The molecule has 8 heteroatoms. The molecule has 0 saturated carbocycles. The molecule has 7 nitrogen and oxygen atoms in total. The Morgan fingerprint density at radius 2 is 1.59 bits per heavy atom. The maximum Gasteiger partial charge on any atom is 0.337 e. The molecule has 0 radical (unpaired) electrons. The van der Waals surface area contributed by atoms with E-state index < -0.39 is 22.5 Å². The van der Waals surface area contributed by atoms with Gasteiger partial charge in [0.2, 0.25) is 10.0 Å². The smallest absolute Gasteiger partial charge is 0.337 e. The molecule has 158 valence electrons. The van der Waals surface area contributed by atoms with Gasteiger partial charge in [-0.25, -0.2) is 17.9 Å². The van der Waals surface area contributed by atoms with Crippen LogP contribution in [0.15, 0.2) is 53.4 Å². The van der Waals surface area contributed by atoms with Gasteiger partial charge in [-0.1, -0.05) is 42.0 Å². The van der Waals surface area contributed by atoms with Gasteiger partial charge < -0.3 is 10.4 Å². The molecule has 2 aromatic carbocycles. The SMILES string of the molecule is CC[NH2+]CC.Cc1ccc(CC(=O)CNS(=O)(=O)c2ccccc2C(=O)O)cc1. The first-order valence-electron chi connectivity index (χ1n) is 9.42. The third-order valence-electron chi connectivity index (χ3n) is 3.97. The predicted molar refractivity (Wildman–Crippen MR) is 111 cm³/mol. The first-order valence-corrected chi connectivity index (χ1v) is 10.9. The molecule has 0 aliphatic heterocycles. The van der Waals surface area contributed by atoms with Crippen molar-refractivity contribution < 1.29 is 28.4 Å². The van der Waals surface area contributed by atoms with Crippen LogP contribution in [0.2, 0.25) is 0 Å². The van der Waals surface area contributed by atoms with Crippen LogP contribution in [0.5, 0.6) is 0 Å². The van der Waals surface area contributed by atoms with Crippen LogP contribution < -0.4 is 10.0 Å². The topological polar surface area (TPSA) is 117 Å². The molecule has 2 rings (SSSR count). The summed E-state index contributed by atoms with van der Waals surface area (Å²) in [6.45, 7) is 8.28. The summed E-state index contributed by atoms with van der Waals surface area (Å²) >= 11 is 0. The van der Waals surface area contributed by atoms with E-state index in [2.05, 4.69) is 23.9 Å². The summed E-state index contributed by atoms with van der Waals surface area (Å²) in [4.78, 5) is 22.7. The number of carbonyl (C=O) groups is 2. The number of aryl methyl sites for hydroxylation is 1. The van der Waals surface area contributed by atoms with Crippen LogP contribution in [0.25, 0.3) is 0 Å². The maximum absolute atomic E-state index is 12.2. The van der Waals surface area contributed by atoms with Crippen molar-refractivity contribution in [3.63, 3.8) is 0 Å². The fourth-order valence-corrected chi connectivity index (χ4v) is 3.62. The Balaban J connectivity index is 0.000000749. The van der Waals surface area contributed by atoms with Crippen LogP contribution >= 0.6 is 0 Å². The zero-order valence-corrected chi connectivity index (χ0v) is 17.8. The third-order valence-corrected chi connectivity index (χ3v) is 5.42. The van der Waals surface area contributed by atoms with Gasteiger partial charge in [0.25, 0.3) is 0 Å². The van der Waals surface area contributed by atoms with E-state index in [1.165, 1.54) is 37.4 Å². The summed E-state index contributed by atoms with van der Waals surface area (Å²) in [5.41, 5.74) is 1.52. The molecule has 0 unspecified atom stereocenters. The molecule has 0 spiro atoms. The minimum atomic E-state index is -4.08. The number of nitrogens with two attached hydrogens (primary N) is 1. The molecule has 0 aliphatic carbocycles. The number of carbonyl (C=O) groups excluding carboxylic acids is 1. The largest absolute Gasteiger partial charge is 0.478 e. The number of carboxylic acid groups (broad SMARTS) is 1. The Bertz CT molecular complexity index is 907. The lowest BCUT2D eigenvalue weighted by Crippen LogP contribution is -2.82. The number of hydrogen-bond donors (Lipinski definition) is 3. The Morgan fingerprint density at radius 3 is 2.10 bits per heavy atom. The molecule has 0 atom stereocenters. The minimum absolute atomic E-state index is 0.101. The predicted octanol–water partition coefficient (Wildman–Crippen LogP) is 1.37. The third kappa shape index (κ3) is 8.55. The highest BCUT2D eigenvalue weighted by atomic mass is 32.2. The first-order chi connectivity index (χ1) is 13.7. The van der Waals surface area contributed by atoms with Crippen LogP contribution in [-0.4, -0.2) is 44.9 Å². The van der Waals surface area contributed by atoms with Gasteiger partial charge in [-0.3, -0.25) is 4.79 Å². The average molecular weight is 422 g/mol. The second-order valence-corrected chi connectivity index (χ2v) is 8.17. The fourth-order valence-electron chi connectivity index (χ4n) is 2.42. The normalized spacial score (nSPS) is 10.7. The monoisotopic (exact) mass is 421 g/mol. The minimum Gasteiger partial charge on any atom is -0.478 e. The van der Waals surface area contributed by atoms with E-state index in [0.717, 1.165) is 11.1 Å². The first kappa shape index (κ1) is 24.5. The number of benzene rings is 2. The van der Waals surface area contributed by atoms with Gasteiger partial charge >= 0.3 is 5.97 Å². The van der Waals surface area contributed by atoms with E-state index in [1.807, 2.05) is 31.2 Å². The molecule has 0 aliphatic rings. The molecular formula is C21H29N2O5S+. The van der Waals surface area contributed by atoms with Gasteiger partial charge in [-0.05, 0) is 38.5 Å². The van der Waals surface area contributed by atoms with Crippen molar-refractivity contribution >= 4 is 21.8 Å². The molecule has 0 aromatic heterocycles. The highest BCUT2D eigenvalue weighted by molar-refractivity contribution is 7.89. The van der Waals surface area contributed by atoms with E-state index in [4.69, 9.17) is 5.11 Å². The summed E-state index contributed by atoms with van der Waals surface area (Å²) < 4.78 is 26.6. The second-order valence-electron chi connectivity index (χ2n) is 6.43. The molecular weight excluding hydrogens is 392 g/mol. The Kier molecular flexibility index (Phi) is 10.2. The van der Waals surface area contributed by atoms with Crippen LogP contribution in [0.4, 0.5) is 0 Å². The van der Waals surface area contributed by atoms with Crippen molar-refractivity contribution in [1.82, 2.24) is 4.72 Å². The summed E-state index contributed by atoms with van der Waals surface area (Å²) in [6.07, 6.45) is 0.101. The van der Waals surface area contributed by atoms with Gasteiger partial charge in [-0.2, -0.15) is 0 Å². The Morgan fingerprint density at radius 1 is 1.00 bits per heavy atom. The number of ketones is 1. The van der Waals surface area contributed by atoms with Gasteiger partial charge in [0.1, 0.15) is 0 Å². The molecule has 4 N–H and O–H groups in total. The van der Waals surface area contributed by atoms with Crippen molar-refractivity contribution in [2.75, 3.05) is 19.6 Å². The second kappa shape index (κ2) is 12.1. The number of quaternary nitrogens is 1. The van der Waals surface area contributed by atoms with Crippen molar-refractivity contribution in [1.29, 1.82) is 0 Å². The van der Waals surface area contributed by atoms with E-state index in [-0.39, 0.29) is 22.7 Å². The number of aromatic carboxylic acids is 1. The molecule has 0 amide bonds. The number of hydrogen-bond acceptors (Lipinski definition) is 4. The number of rotatable bonds is 9. The molecule has 0 heterocycles. The fraction of sp³-hybridized carbons (Fsp3) is 0.333. The lowest BCUT2D eigenvalue weighted by Gasteiger charge is -2.09. The van der Waals surface area contributed by atoms with E-state index in [1.54, 1.807) is 0 Å². The van der Waals surface area contributed by atoms with Gasteiger partial charge in [0.15, 0.2) is 5.78 Å². The van der Waals surface area contributed by atoms with Gasteiger partial charge in [-0.15, -0.1) is 0 Å². The quantitative estimate of drug-likeness (QED) is 0.565. The number of sulfonamides is 1. The van der Waals surface area contributed by atoms with Crippen molar-refractivity contribution in [3.05, 3.63) is 65.2 Å². The van der Waals surface area contributed by atoms with E-state index in [9.17, 15) is 18.0 Å². The highest BCUT2D eigenvalue weighted by Crippen LogP contribution is 2.15. The van der Waals surface area contributed by atoms with Crippen molar-refractivity contribution in [3.8, 4) is 0 Å². The Hall–Kier alpha value is -2.55. The van der Waals surface area contributed by atoms with Crippen LogP contribution in [-0.2, 0) is 21.2 Å². The van der Waals surface area contributed by atoms with Crippen LogP contribution in [0.1, 0.15) is 35.3 Å². The summed E-state index contributed by atoms with van der Waals surface area (Å²) in [7, 11) is -4.08. The summed E-state index contributed by atoms with van der Waals surface area (Å²) in [5, 5.41) is 11.3. The van der Waals surface area contributed by atoms with Gasteiger partial charge in [0, 0.05) is 6.42 Å². The van der Waals surface area contributed by atoms with E-state index in [0.29, 0.717) is 0 Å². The molecule has 29 heavy (non-hydrogen) atoms. The lowest BCUT2D eigenvalue weighted by atomic mass is 10.1. The molecule has 0 fully saturated rings. The van der Waals surface area contributed by atoms with Gasteiger partial charge in [0.05, 0.1) is 30.1 Å². The average Bonchev–Trinajstić information content (AvgIpc) is 2.69. The zero-order chi connectivity index (χ0) is 21.9. The lowest BCUT2D eigenvalue weighted by molar-refractivity contribution is -0.648. The number of nitrogens with one attached hydrogen (secondary N) is 1. The maximum atomic E-state index is 12.2. The van der Waals surface area contributed by atoms with E-state index >= 15 is 0 Å². The molecule has 0 saturated heterocycles. The van der Waals surface area contributed by atoms with Crippen molar-refractivity contribution in [2.24, 2.45) is 0 Å². The highest BCUT2D eigenvalue weighted by Gasteiger charge is 2.22. The Labute approximate surface area is 172 Å². The van der Waals surface area contributed by atoms with Crippen LogP contribution in [0, 0.1) is 6.92 Å². The summed E-state index contributed by atoms with van der Waals surface area (Å²) in [6, 6.07) is 12.6. The molecule has 2 aromatic rings. The zero-order valence-electron chi connectivity index (χ0n) is 17.0.